The molecule has 2 saturated heterocycles. The molecule has 5 N–H and O–H groups in total. The highest BCUT2D eigenvalue weighted by Crippen LogP contribution is 2.64. The Labute approximate surface area is 354 Å². The summed E-state index contributed by atoms with van der Waals surface area (Å²) in [6.45, 7) is 4.74. The van der Waals surface area contributed by atoms with E-state index >= 15 is 0 Å². The second-order valence-electron chi connectivity index (χ2n) is 19.8. The number of benzene rings is 1. The Balaban J connectivity index is 0.634. The SMILES string of the molecule is C[C@]12CCC3c4cc(C56CC7CC(CC(C7)C5)C6)c(O)cc4CCC3C1CCC2=NOCC(=O)NCCOCCOCCNC(=O)CCCCC1SCC2NC(=O)NC21. The van der Waals surface area contributed by atoms with E-state index in [1.165, 1.54) is 56.1 Å². The average Bonchev–Trinajstić information content (AvgIpc) is 3.87. The van der Waals surface area contributed by atoms with Crippen LogP contribution in [0.5, 0.6) is 5.75 Å². The van der Waals surface area contributed by atoms with Gasteiger partial charge < -0.3 is 40.7 Å². The molecule has 2 heterocycles. The number of unbranched alkanes of at least 4 members (excludes halogenated alkanes) is 1. The van der Waals surface area contributed by atoms with Gasteiger partial charge in [-0.2, -0.15) is 11.8 Å². The van der Waals surface area contributed by atoms with Gasteiger partial charge in [0.25, 0.3) is 5.91 Å². The van der Waals surface area contributed by atoms with Crippen molar-refractivity contribution in [3.63, 3.8) is 0 Å². The molecule has 6 unspecified atom stereocenters. The molecule has 6 saturated carbocycles. The highest BCUT2D eigenvalue weighted by Gasteiger charge is 2.56. The third-order valence-electron chi connectivity index (χ3n) is 16.2. The van der Waals surface area contributed by atoms with Crippen LogP contribution < -0.4 is 21.3 Å². The maximum atomic E-state index is 12.5. The van der Waals surface area contributed by atoms with E-state index in [0.717, 1.165) is 80.6 Å². The van der Waals surface area contributed by atoms with Crippen LogP contribution in [0.1, 0.15) is 126 Å². The fourth-order valence-electron chi connectivity index (χ4n) is 13.8. The van der Waals surface area contributed by atoms with Crippen LogP contribution in [0.3, 0.4) is 0 Å². The van der Waals surface area contributed by atoms with E-state index in [1.807, 2.05) is 11.8 Å². The lowest BCUT2D eigenvalue weighted by atomic mass is 9.47. The predicted molar refractivity (Wildman–Crippen MR) is 228 cm³/mol. The largest absolute Gasteiger partial charge is 0.508 e. The van der Waals surface area contributed by atoms with E-state index in [4.69, 9.17) is 14.3 Å². The first-order valence-electron chi connectivity index (χ1n) is 23.1. The number of aryl methyl sites for hydroxylation is 1. The zero-order valence-corrected chi connectivity index (χ0v) is 35.9. The first kappa shape index (κ1) is 41.3. The first-order chi connectivity index (χ1) is 28.7. The van der Waals surface area contributed by atoms with Gasteiger partial charge in [0, 0.05) is 41.5 Å². The van der Waals surface area contributed by atoms with Gasteiger partial charge >= 0.3 is 6.03 Å². The number of rotatable bonds is 18. The van der Waals surface area contributed by atoms with E-state index in [-0.39, 0.29) is 47.4 Å². The number of hydrogen-bond donors (Lipinski definition) is 5. The second-order valence-corrected chi connectivity index (χ2v) is 21.1. The highest BCUT2D eigenvalue weighted by molar-refractivity contribution is 8.00. The number of phenolic OH excluding ortho intramolecular Hbond substituents is 1. The summed E-state index contributed by atoms with van der Waals surface area (Å²) in [6, 6.07) is 5.08. The first-order valence-corrected chi connectivity index (χ1v) is 24.2. The van der Waals surface area contributed by atoms with Crippen molar-refractivity contribution in [1.29, 1.82) is 0 Å². The molecule has 2 aliphatic heterocycles. The number of nitrogens with one attached hydrogen (secondary N) is 4. The molecule has 12 nitrogen and oxygen atoms in total. The number of hydrogen-bond acceptors (Lipinski definition) is 9. The number of amides is 4. The molecule has 0 spiro atoms. The van der Waals surface area contributed by atoms with Gasteiger partial charge in [-0.05, 0) is 148 Å². The van der Waals surface area contributed by atoms with Crippen molar-refractivity contribution in [2.75, 3.05) is 51.9 Å². The molecule has 59 heavy (non-hydrogen) atoms. The number of phenols is 1. The molecule has 0 radical (unpaired) electrons. The molecule has 7 aliphatic carbocycles. The van der Waals surface area contributed by atoms with Crippen LogP contribution >= 0.6 is 11.8 Å². The maximum Gasteiger partial charge on any atom is 0.315 e. The van der Waals surface area contributed by atoms with Gasteiger partial charge in [-0.15, -0.1) is 0 Å². The minimum Gasteiger partial charge on any atom is -0.508 e. The summed E-state index contributed by atoms with van der Waals surface area (Å²) in [5.74, 6) is 5.66. The standard InChI is InChI=1S/C46H67N5O7S/c1-45-11-10-32-33(7-6-31-21-38(52)36(22-34(31)32)46-23-28-18-29(24-46)20-30(19-28)25-46)35(45)8-9-40(45)51-58-26-42(54)48-13-15-57-17-16-56-14-12-47-41(53)5-3-2-4-39-43-37(27-59-39)49-44(55)50-43/h21-22,28-30,32-33,35,37,39,43,52H,2-20,23-27H2,1H3,(H,47,53)(H,48,54)(H2,49,50,55)/t28?,29?,30?,32?,33?,35?,37?,39?,43?,45-,46?/m0/s1. The van der Waals surface area contributed by atoms with Crippen LogP contribution in [0, 0.1) is 35.0 Å². The molecule has 9 aliphatic rings. The average molecular weight is 834 g/mol. The lowest BCUT2D eigenvalue weighted by Gasteiger charge is -2.57. The second kappa shape index (κ2) is 17.8. The molecule has 324 valence electrons. The summed E-state index contributed by atoms with van der Waals surface area (Å²) in [6.07, 6.45) is 17.9. The Morgan fingerprint density at radius 1 is 0.915 bits per heavy atom. The molecular formula is C46H67N5O7S. The van der Waals surface area contributed by atoms with Crippen molar-refractivity contribution in [2.24, 2.45) is 40.2 Å². The van der Waals surface area contributed by atoms with Crippen molar-refractivity contribution in [1.82, 2.24) is 21.3 Å². The Morgan fingerprint density at radius 2 is 1.64 bits per heavy atom. The molecule has 1 aromatic carbocycles. The lowest BCUT2D eigenvalue weighted by molar-refractivity contribution is -0.126. The summed E-state index contributed by atoms with van der Waals surface area (Å²) in [4.78, 5) is 41.9. The molecule has 4 amide bonds. The number of ether oxygens (including phenoxy) is 2. The Bertz CT molecular complexity index is 1720. The molecule has 0 aromatic heterocycles. The van der Waals surface area contributed by atoms with Gasteiger partial charge in [0.1, 0.15) is 5.75 Å². The van der Waals surface area contributed by atoms with Gasteiger partial charge in [0.15, 0.2) is 6.61 Å². The summed E-state index contributed by atoms with van der Waals surface area (Å²) in [7, 11) is 0. The quantitative estimate of drug-likeness (QED) is 0.0677. The van der Waals surface area contributed by atoms with E-state index in [1.54, 1.807) is 5.56 Å². The lowest BCUT2D eigenvalue weighted by Crippen LogP contribution is -2.48. The van der Waals surface area contributed by atoms with E-state index < -0.39 is 0 Å². The van der Waals surface area contributed by atoms with Crippen LogP contribution in [-0.2, 0) is 35.7 Å². The number of thioether (sulfide) groups is 1. The predicted octanol–water partition coefficient (Wildman–Crippen LogP) is 6.08. The third kappa shape index (κ3) is 8.72. The number of carbonyl (C=O) groups is 3. The molecule has 13 heteroatoms. The summed E-state index contributed by atoms with van der Waals surface area (Å²) >= 11 is 1.90. The monoisotopic (exact) mass is 833 g/mol. The molecule has 4 bridgehead atoms. The summed E-state index contributed by atoms with van der Waals surface area (Å²) in [5.41, 5.74) is 5.53. The minimum absolute atomic E-state index is 0.00500. The number of oxime groups is 1. The van der Waals surface area contributed by atoms with Crippen LogP contribution in [-0.4, -0.2) is 97.9 Å². The number of urea groups is 1. The molecule has 8 fully saturated rings. The minimum atomic E-state index is -0.207. The summed E-state index contributed by atoms with van der Waals surface area (Å²) in [5, 5.41) is 28.3. The number of nitrogens with zero attached hydrogens (tertiary/aromatic N) is 1. The van der Waals surface area contributed by atoms with E-state index in [0.29, 0.717) is 74.7 Å². The van der Waals surface area contributed by atoms with Crippen molar-refractivity contribution in [3.8, 4) is 5.75 Å². The Kier molecular flexibility index (Phi) is 12.4. The van der Waals surface area contributed by atoms with Crippen LogP contribution in [0.2, 0.25) is 0 Å². The van der Waals surface area contributed by atoms with Gasteiger partial charge in [-0.25, -0.2) is 4.79 Å². The van der Waals surface area contributed by atoms with Gasteiger partial charge in [-0.1, -0.05) is 24.6 Å². The van der Waals surface area contributed by atoms with Crippen molar-refractivity contribution in [2.45, 2.75) is 138 Å². The normalized spacial score (nSPS) is 36.7. The van der Waals surface area contributed by atoms with E-state index in [9.17, 15) is 19.5 Å². The maximum absolute atomic E-state index is 12.5. The number of fused-ring (bicyclic) bond motifs is 6. The molecular weight excluding hydrogens is 767 g/mol. The van der Waals surface area contributed by atoms with Gasteiger partial charge in [0.2, 0.25) is 5.91 Å². The van der Waals surface area contributed by atoms with Crippen LogP contribution in [0.4, 0.5) is 4.79 Å². The van der Waals surface area contributed by atoms with Crippen molar-refractivity contribution >= 4 is 35.3 Å². The fourth-order valence-corrected chi connectivity index (χ4v) is 15.4. The molecule has 10 rings (SSSR count). The van der Waals surface area contributed by atoms with Crippen LogP contribution in [0.15, 0.2) is 17.3 Å². The fraction of sp³-hybridized carbons (Fsp3) is 0.783. The summed E-state index contributed by atoms with van der Waals surface area (Å²) < 4.78 is 11.2. The van der Waals surface area contributed by atoms with Gasteiger partial charge in [0.05, 0.1) is 44.2 Å². The molecule has 1 aromatic rings. The third-order valence-corrected chi connectivity index (χ3v) is 17.7. The van der Waals surface area contributed by atoms with Gasteiger partial charge in [-0.3, -0.25) is 9.59 Å². The molecule has 7 atom stereocenters. The smallest absolute Gasteiger partial charge is 0.315 e. The zero-order valence-electron chi connectivity index (χ0n) is 35.1. The number of aromatic hydroxyl groups is 1. The Hall–Kier alpha value is -3.03. The number of carbonyl (C=O) groups excluding carboxylic acids is 3. The van der Waals surface area contributed by atoms with Crippen LogP contribution in [0.25, 0.3) is 0 Å². The van der Waals surface area contributed by atoms with Crippen molar-refractivity contribution < 1.29 is 33.8 Å². The Morgan fingerprint density at radius 3 is 2.39 bits per heavy atom. The topological polar surface area (TPSA) is 160 Å². The zero-order chi connectivity index (χ0) is 40.6. The van der Waals surface area contributed by atoms with E-state index in [2.05, 4.69) is 45.5 Å². The highest BCUT2D eigenvalue weighted by atomic mass is 32.2. The van der Waals surface area contributed by atoms with Crippen molar-refractivity contribution in [3.05, 3.63) is 28.8 Å².